The van der Waals surface area contributed by atoms with Gasteiger partial charge in [0.25, 0.3) is 0 Å². The van der Waals surface area contributed by atoms with Crippen LogP contribution >= 0.6 is 0 Å². The zero-order valence-electron chi connectivity index (χ0n) is 17.4. The van der Waals surface area contributed by atoms with Crippen molar-refractivity contribution >= 4 is 26.1 Å². The summed E-state index contributed by atoms with van der Waals surface area (Å²) in [5.41, 5.74) is 0. The molecule has 2 heterocycles. The molecule has 2 saturated carbocycles. The number of rotatable bonds is 5. The van der Waals surface area contributed by atoms with Gasteiger partial charge in [-0.1, -0.05) is 0 Å². The number of hydrogen-bond donors (Lipinski definition) is 2. The molecule has 0 aromatic carbocycles. The lowest BCUT2D eigenvalue weighted by Gasteiger charge is -2.47. The molecule has 10 nitrogen and oxygen atoms in total. The van der Waals surface area contributed by atoms with Crippen molar-refractivity contribution in [2.75, 3.05) is 32.5 Å². The molecular formula is C18H30FN3O7S2. The second-order valence-corrected chi connectivity index (χ2v) is 12.9. The summed E-state index contributed by atoms with van der Waals surface area (Å²) in [6.45, 7) is 0.813. The predicted octanol–water partition coefficient (Wildman–Crippen LogP) is -0.783. The average molecular weight is 484 g/mol. The number of nitrogens with one attached hydrogen (secondary N) is 1. The summed E-state index contributed by atoms with van der Waals surface area (Å²) in [5, 5.41) is 10.5. The van der Waals surface area contributed by atoms with Gasteiger partial charge in [0.2, 0.25) is 15.9 Å². The standard InChI is InChI=1S/C18H30FN3O7S2/c1-30(25,26)21-5-4-11(8-21)10-29-13-3-2-12-6-15(23)18(17(19)14(12)7-13)22-9-16(24)20-31(22,27)28/h11-15,17-18,23H,2-10H2,1H3,(H,20,24). The van der Waals surface area contributed by atoms with E-state index in [1.807, 2.05) is 4.72 Å². The van der Waals surface area contributed by atoms with Gasteiger partial charge in [-0.15, -0.1) is 0 Å². The van der Waals surface area contributed by atoms with Gasteiger partial charge in [-0.3, -0.25) is 4.79 Å². The van der Waals surface area contributed by atoms with Gasteiger partial charge in [0.15, 0.2) is 0 Å². The molecule has 2 N–H and O–H groups in total. The third kappa shape index (κ3) is 4.76. The summed E-state index contributed by atoms with van der Waals surface area (Å²) in [4.78, 5) is 11.6. The van der Waals surface area contributed by atoms with E-state index in [0.29, 0.717) is 32.5 Å². The number of carbonyl (C=O) groups is 1. The Labute approximate surface area is 182 Å². The van der Waals surface area contributed by atoms with Crippen LogP contribution in [0.1, 0.15) is 32.1 Å². The summed E-state index contributed by atoms with van der Waals surface area (Å²) in [7, 11) is -7.36. The number of nitrogens with zero attached hydrogens (tertiary/aromatic N) is 2. The van der Waals surface area contributed by atoms with E-state index in [4.69, 9.17) is 4.74 Å². The van der Waals surface area contributed by atoms with E-state index < -0.39 is 56.9 Å². The highest BCUT2D eigenvalue weighted by molar-refractivity contribution is 7.88. The fraction of sp³-hybridized carbons (Fsp3) is 0.944. The van der Waals surface area contributed by atoms with Gasteiger partial charge in [0.1, 0.15) is 6.17 Å². The molecule has 4 fully saturated rings. The summed E-state index contributed by atoms with van der Waals surface area (Å²) in [6.07, 6.45) is 1.03. The summed E-state index contributed by atoms with van der Waals surface area (Å²) in [6, 6.07) is -1.29. The predicted molar refractivity (Wildman–Crippen MR) is 108 cm³/mol. The molecule has 0 radical (unpaired) electrons. The Bertz CT molecular complexity index is 915. The van der Waals surface area contributed by atoms with E-state index in [2.05, 4.69) is 0 Å². The van der Waals surface area contributed by atoms with Crippen LogP contribution < -0.4 is 4.72 Å². The quantitative estimate of drug-likeness (QED) is 0.524. The van der Waals surface area contributed by atoms with Crippen molar-refractivity contribution in [3.63, 3.8) is 0 Å². The minimum atomic E-state index is -4.14. The zero-order valence-corrected chi connectivity index (χ0v) is 19.0. The average Bonchev–Trinajstić information content (AvgIpc) is 3.24. The molecule has 0 aromatic heterocycles. The highest BCUT2D eigenvalue weighted by Crippen LogP contribution is 2.45. The summed E-state index contributed by atoms with van der Waals surface area (Å²) >= 11 is 0. The molecular weight excluding hydrogens is 453 g/mol. The molecule has 7 unspecified atom stereocenters. The van der Waals surface area contributed by atoms with Crippen molar-refractivity contribution < 1.29 is 35.9 Å². The number of aliphatic hydroxyl groups is 1. The topological polar surface area (TPSA) is 133 Å². The number of aliphatic hydroxyl groups excluding tert-OH is 1. The van der Waals surface area contributed by atoms with Gasteiger partial charge < -0.3 is 9.84 Å². The summed E-state index contributed by atoms with van der Waals surface area (Å²) in [5.74, 6) is -1.16. The fourth-order valence-corrected chi connectivity index (χ4v) is 7.81. The number of alkyl halides is 1. The van der Waals surface area contributed by atoms with Gasteiger partial charge in [0, 0.05) is 13.1 Å². The third-order valence-electron chi connectivity index (χ3n) is 7.14. The number of ether oxygens (including phenoxy) is 1. The van der Waals surface area contributed by atoms with Gasteiger partial charge >= 0.3 is 10.2 Å². The second-order valence-electron chi connectivity index (χ2n) is 9.28. The first-order chi connectivity index (χ1) is 14.5. The maximum absolute atomic E-state index is 15.5. The first-order valence-corrected chi connectivity index (χ1v) is 14.0. The van der Waals surface area contributed by atoms with Crippen LogP contribution in [0, 0.1) is 17.8 Å². The number of fused-ring (bicyclic) bond motifs is 1. The van der Waals surface area contributed by atoms with Crippen LogP contribution in [0.2, 0.25) is 0 Å². The van der Waals surface area contributed by atoms with Crippen molar-refractivity contribution in [1.82, 2.24) is 13.3 Å². The smallest absolute Gasteiger partial charge is 0.304 e. The molecule has 7 atom stereocenters. The molecule has 0 spiro atoms. The van der Waals surface area contributed by atoms with E-state index in [0.717, 1.165) is 17.1 Å². The molecule has 2 saturated heterocycles. The van der Waals surface area contributed by atoms with E-state index in [1.165, 1.54) is 10.6 Å². The molecule has 13 heteroatoms. The Kier molecular flexibility index (Phi) is 6.38. The Hall–Kier alpha value is -0.860. The minimum Gasteiger partial charge on any atom is -0.391 e. The number of amides is 1. The van der Waals surface area contributed by atoms with Crippen LogP contribution in [-0.2, 0) is 29.8 Å². The Morgan fingerprint density at radius 3 is 2.61 bits per heavy atom. The minimum absolute atomic E-state index is 0.0673. The van der Waals surface area contributed by atoms with E-state index in [-0.39, 0.29) is 24.4 Å². The van der Waals surface area contributed by atoms with Gasteiger partial charge in [-0.2, -0.15) is 12.7 Å². The Morgan fingerprint density at radius 1 is 1.26 bits per heavy atom. The van der Waals surface area contributed by atoms with Crippen LogP contribution in [0.4, 0.5) is 4.39 Å². The van der Waals surface area contributed by atoms with E-state index in [9.17, 15) is 26.7 Å². The molecule has 4 rings (SSSR count). The third-order valence-corrected chi connectivity index (χ3v) is 9.89. The van der Waals surface area contributed by atoms with Crippen molar-refractivity contribution in [2.24, 2.45) is 17.8 Å². The maximum atomic E-state index is 15.5. The summed E-state index contributed by atoms with van der Waals surface area (Å²) < 4.78 is 73.3. The largest absolute Gasteiger partial charge is 0.391 e. The van der Waals surface area contributed by atoms with Crippen molar-refractivity contribution in [3.8, 4) is 0 Å². The molecule has 31 heavy (non-hydrogen) atoms. The Morgan fingerprint density at radius 2 is 2.00 bits per heavy atom. The van der Waals surface area contributed by atoms with Gasteiger partial charge in [0.05, 0.1) is 37.7 Å². The van der Waals surface area contributed by atoms with Crippen LogP contribution in [0.15, 0.2) is 0 Å². The maximum Gasteiger partial charge on any atom is 0.304 e. The van der Waals surface area contributed by atoms with Gasteiger partial charge in [-0.25, -0.2) is 21.8 Å². The fourth-order valence-electron chi connectivity index (χ4n) is 5.56. The normalized spacial score (nSPS) is 41.8. The molecule has 0 aromatic rings. The number of hydrogen-bond acceptors (Lipinski definition) is 7. The lowest BCUT2D eigenvalue weighted by molar-refractivity contribution is -0.120. The lowest BCUT2D eigenvalue weighted by Crippen LogP contribution is -2.59. The highest BCUT2D eigenvalue weighted by Gasteiger charge is 2.53. The van der Waals surface area contributed by atoms with E-state index >= 15 is 4.39 Å². The number of carbonyl (C=O) groups excluding carboxylic acids is 1. The molecule has 178 valence electrons. The number of sulfonamides is 1. The van der Waals surface area contributed by atoms with Crippen LogP contribution in [0.5, 0.6) is 0 Å². The highest BCUT2D eigenvalue weighted by atomic mass is 32.2. The molecule has 4 aliphatic rings. The first-order valence-electron chi connectivity index (χ1n) is 10.7. The van der Waals surface area contributed by atoms with Gasteiger partial charge in [-0.05, 0) is 49.9 Å². The number of halogens is 1. The SMILES string of the molecule is CS(=O)(=O)N1CCC(COC2CCC3CC(O)C(N4CC(=O)NS4(=O)=O)C(F)C3C2)C1. The first kappa shape index (κ1) is 23.3. The second kappa shape index (κ2) is 8.49. The van der Waals surface area contributed by atoms with Crippen molar-refractivity contribution in [1.29, 1.82) is 0 Å². The van der Waals surface area contributed by atoms with Crippen molar-refractivity contribution in [3.05, 3.63) is 0 Å². The van der Waals surface area contributed by atoms with Crippen LogP contribution in [0.25, 0.3) is 0 Å². The monoisotopic (exact) mass is 483 g/mol. The zero-order chi connectivity index (χ0) is 22.6. The van der Waals surface area contributed by atoms with Crippen LogP contribution in [-0.4, -0.2) is 93.4 Å². The molecule has 0 bridgehead atoms. The molecule has 2 aliphatic heterocycles. The molecule has 2 aliphatic carbocycles. The molecule has 1 amide bonds. The lowest BCUT2D eigenvalue weighted by atomic mass is 9.66. The van der Waals surface area contributed by atoms with Crippen LogP contribution in [0.3, 0.4) is 0 Å². The Balaban J connectivity index is 1.37. The van der Waals surface area contributed by atoms with Crippen molar-refractivity contribution in [2.45, 2.75) is 56.5 Å². The van der Waals surface area contributed by atoms with E-state index in [1.54, 1.807) is 0 Å².